The monoisotopic (exact) mass is 481 g/mol. The summed E-state index contributed by atoms with van der Waals surface area (Å²) in [5.74, 6) is -0.575. The van der Waals surface area contributed by atoms with Crippen LogP contribution < -0.4 is 15.1 Å². The van der Waals surface area contributed by atoms with E-state index in [1.54, 1.807) is 30.3 Å². The number of carbonyl (C=O) groups is 2. The predicted molar refractivity (Wildman–Crippen MR) is 139 cm³/mol. The molecule has 1 unspecified atom stereocenters. The summed E-state index contributed by atoms with van der Waals surface area (Å²) >= 11 is 11.3. The number of anilines is 2. The van der Waals surface area contributed by atoms with Crippen molar-refractivity contribution < 1.29 is 9.59 Å². The molecule has 0 bridgehead atoms. The fraction of sp³-hybridized carbons (Fsp3) is 0.346. The standard InChI is InChI=1S/C26H28ClN3O2S/c1-6-29-22-11-15(2)17(12-20(22)16(3)14-26(29,4)5)13-21-23(31)28-25(33)30(24(21)32)19-9-7-18(27)8-10-19/h7-13,16H,6,14H2,1-5H3,(H,28,31,33)/b21-13-. The van der Waals surface area contributed by atoms with Crippen LogP contribution in [0.15, 0.2) is 42.0 Å². The highest BCUT2D eigenvalue weighted by molar-refractivity contribution is 7.80. The van der Waals surface area contributed by atoms with Crippen LogP contribution in [0, 0.1) is 6.92 Å². The summed E-state index contributed by atoms with van der Waals surface area (Å²) in [5.41, 5.74) is 5.01. The SMILES string of the molecule is CCN1c2cc(C)c(/C=C3/C(=O)NC(=S)N(c4ccc(Cl)cc4)C3=O)cc2C(C)CC1(C)C. The Morgan fingerprint density at radius 3 is 2.52 bits per heavy atom. The van der Waals surface area contributed by atoms with Crippen LogP contribution in [0.4, 0.5) is 11.4 Å². The minimum atomic E-state index is -0.489. The van der Waals surface area contributed by atoms with Gasteiger partial charge in [0.1, 0.15) is 5.57 Å². The van der Waals surface area contributed by atoms with Crippen LogP contribution in [0.1, 0.15) is 56.7 Å². The first-order valence-electron chi connectivity index (χ1n) is 11.1. The molecule has 2 aliphatic heterocycles. The van der Waals surface area contributed by atoms with Crippen molar-refractivity contribution in [1.82, 2.24) is 5.32 Å². The van der Waals surface area contributed by atoms with Crippen molar-refractivity contribution in [3.05, 3.63) is 63.7 Å². The zero-order valence-electron chi connectivity index (χ0n) is 19.5. The van der Waals surface area contributed by atoms with Crippen molar-refractivity contribution >= 4 is 58.2 Å². The van der Waals surface area contributed by atoms with Crippen molar-refractivity contribution in [1.29, 1.82) is 0 Å². The molecule has 4 rings (SSSR count). The number of fused-ring (bicyclic) bond motifs is 1. The highest BCUT2D eigenvalue weighted by Gasteiger charge is 2.37. The summed E-state index contributed by atoms with van der Waals surface area (Å²) in [6, 6.07) is 11.1. The summed E-state index contributed by atoms with van der Waals surface area (Å²) in [6.07, 6.45) is 2.71. The van der Waals surface area contributed by atoms with Crippen molar-refractivity contribution in [2.75, 3.05) is 16.3 Å². The molecule has 2 aliphatic rings. The molecule has 1 N–H and O–H groups in total. The van der Waals surface area contributed by atoms with Crippen molar-refractivity contribution in [2.24, 2.45) is 0 Å². The van der Waals surface area contributed by atoms with Crippen LogP contribution >= 0.6 is 23.8 Å². The van der Waals surface area contributed by atoms with E-state index in [1.807, 2.05) is 6.92 Å². The molecule has 1 atom stereocenters. The summed E-state index contributed by atoms with van der Waals surface area (Å²) in [5, 5.41) is 3.26. The van der Waals surface area contributed by atoms with E-state index in [-0.39, 0.29) is 16.2 Å². The molecule has 33 heavy (non-hydrogen) atoms. The molecule has 0 spiro atoms. The number of nitrogens with one attached hydrogen (secondary N) is 1. The van der Waals surface area contributed by atoms with Crippen molar-refractivity contribution in [3.8, 4) is 0 Å². The fourth-order valence-corrected chi connectivity index (χ4v) is 5.45. The van der Waals surface area contributed by atoms with Gasteiger partial charge in [-0.1, -0.05) is 18.5 Å². The zero-order chi connectivity index (χ0) is 24.1. The Hall–Kier alpha value is -2.70. The quantitative estimate of drug-likeness (QED) is 0.352. The van der Waals surface area contributed by atoms with Gasteiger partial charge in [-0.15, -0.1) is 0 Å². The van der Waals surface area contributed by atoms with E-state index in [1.165, 1.54) is 16.2 Å². The number of carbonyl (C=O) groups excluding carboxylic acids is 2. The van der Waals surface area contributed by atoms with Gasteiger partial charge in [0.25, 0.3) is 11.8 Å². The number of halogens is 1. The topological polar surface area (TPSA) is 52.7 Å². The smallest absolute Gasteiger partial charge is 0.270 e. The first-order chi connectivity index (χ1) is 15.5. The molecule has 0 aromatic heterocycles. The molecule has 7 heteroatoms. The molecule has 2 heterocycles. The lowest BCUT2D eigenvalue weighted by molar-refractivity contribution is -0.122. The van der Waals surface area contributed by atoms with Crippen LogP contribution in [0.25, 0.3) is 6.08 Å². The van der Waals surface area contributed by atoms with Crippen LogP contribution in [0.5, 0.6) is 0 Å². The number of aryl methyl sites for hydroxylation is 1. The van der Waals surface area contributed by atoms with Gasteiger partial charge in [-0.3, -0.25) is 19.8 Å². The third kappa shape index (κ3) is 4.18. The Morgan fingerprint density at radius 1 is 1.21 bits per heavy atom. The molecular weight excluding hydrogens is 454 g/mol. The maximum atomic E-state index is 13.4. The van der Waals surface area contributed by atoms with Gasteiger partial charge in [-0.05, 0) is 111 Å². The van der Waals surface area contributed by atoms with Gasteiger partial charge in [0.15, 0.2) is 5.11 Å². The van der Waals surface area contributed by atoms with E-state index in [0.29, 0.717) is 16.6 Å². The second-order valence-electron chi connectivity index (χ2n) is 9.36. The van der Waals surface area contributed by atoms with E-state index >= 15 is 0 Å². The van der Waals surface area contributed by atoms with Crippen molar-refractivity contribution in [3.63, 3.8) is 0 Å². The second kappa shape index (κ2) is 8.58. The maximum Gasteiger partial charge on any atom is 0.270 e. The molecule has 1 saturated heterocycles. The lowest BCUT2D eigenvalue weighted by Gasteiger charge is -2.47. The zero-order valence-corrected chi connectivity index (χ0v) is 21.1. The summed E-state index contributed by atoms with van der Waals surface area (Å²) in [6.45, 7) is 11.9. The molecule has 2 aromatic rings. The average Bonchev–Trinajstić information content (AvgIpc) is 2.72. The molecule has 0 radical (unpaired) electrons. The Bertz CT molecular complexity index is 1190. The van der Waals surface area contributed by atoms with Gasteiger partial charge in [0.2, 0.25) is 0 Å². The van der Waals surface area contributed by atoms with Crippen molar-refractivity contribution in [2.45, 2.75) is 52.5 Å². The van der Waals surface area contributed by atoms with E-state index < -0.39 is 11.8 Å². The summed E-state index contributed by atoms with van der Waals surface area (Å²) in [4.78, 5) is 29.9. The Kier molecular flexibility index (Phi) is 6.10. The molecule has 0 aliphatic carbocycles. The number of hydrogen-bond donors (Lipinski definition) is 1. The first kappa shape index (κ1) is 23.5. The van der Waals surface area contributed by atoms with E-state index in [2.05, 4.69) is 50.0 Å². The van der Waals surface area contributed by atoms with E-state index in [4.69, 9.17) is 23.8 Å². The maximum absolute atomic E-state index is 13.4. The number of amides is 2. The minimum Gasteiger partial charge on any atom is -0.366 e. The molecular formula is C26H28ClN3O2S. The highest BCUT2D eigenvalue weighted by atomic mass is 35.5. The summed E-state index contributed by atoms with van der Waals surface area (Å²) < 4.78 is 0. The minimum absolute atomic E-state index is 0.0535. The fourth-order valence-electron chi connectivity index (χ4n) is 5.04. The van der Waals surface area contributed by atoms with E-state index in [9.17, 15) is 9.59 Å². The lowest BCUT2D eigenvalue weighted by atomic mass is 9.79. The first-order valence-corrected chi connectivity index (χ1v) is 11.9. The third-order valence-electron chi connectivity index (χ3n) is 6.58. The van der Waals surface area contributed by atoms with Crippen LogP contribution in [-0.4, -0.2) is 29.0 Å². The van der Waals surface area contributed by atoms with Gasteiger partial charge in [0.05, 0.1) is 5.69 Å². The molecule has 2 amide bonds. The van der Waals surface area contributed by atoms with Gasteiger partial charge in [0, 0.05) is 22.8 Å². The van der Waals surface area contributed by atoms with Crippen LogP contribution in [-0.2, 0) is 9.59 Å². The molecule has 2 aromatic carbocycles. The largest absolute Gasteiger partial charge is 0.366 e. The number of rotatable bonds is 3. The molecule has 5 nitrogen and oxygen atoms in total. The molecule has 1 fully saturated rings. The van der Waals surface area contributed by atoms with Gasteiger partial charge in [-0.2, -0.15) is 0 Å². The number of hydrogen-bond acceptors (Lipinski definition) is 4. The average molecular weight is 482 g/mol. The molecule has 172 valence electrons. The lowest BCUT2D eigenvalue weighted by Crippen LogP contribution is -2.54. The van der Waals surface area contributed by atoms with Crippen LogP contribution in [0.2, 0.25) is 5.02 Å². The normalized spacial score (nSPS) is 21.3. The highest BCUT2D eigenvalue weighted by Crippen LogP contribution is 2.44. The van der Waals surface area contributed by atoms with Crippen LogP contribution in [0.3, 0.4) is 0 Å². The van der Waals surface area contributed by atoms with Gasteiger partial charge < -0.3 is 4.90 Å². The third-order valence-corrected chi connectivity index (χ3v) is 7.11. The van der Waals surface area contributed by atoms with E-state index in [0.717, 1.165) is 24.1 Å². The number of benzene rings is 2. The Labute approximate surface area is 205 Å². The number of nitrogens with zero attached hydrogens (tertiary/aromatic N) is 2. The Morgan fingerprint density at radius 2 is 1.88 bits per heavy atom. The molecule has 0 saturated carbocycles. The Balaban J connectivity index is 1.77. The number of thiocarbonyl (C=S) groups is 1. The van der Waals surface area contributed by atoms with Gasteiger partial charge in [-0.25, -0.2) is 0 Å². The van der Waals surface area contributed by atoms with Gasteiger partial charge >= 0.3 is 0 Å². The second-order valence-corrected chi connectivity index (χ2v) is 10.2. The summed E-state index contributed by atoms with van der Waals surface area (Å²) in [7, 11) is 0. The predicted octanol–water partition coefficient (Wildman–Crippen LogP) is 5.59.